The van der Waals surface area contributed by atoms with Crippen molar-refractivity contribution in [1.29, 1.82) is 0 Å². The SMILES string of the molecule is CC(C)Oc1c(O)c2ccc(NCc3ccccc3)cc2n(C)c1=O. The van der Waals surface area contributed by atoms with Crippen LogP contribution in [0.4, 0.5) is 5.69 Å². The van der Waals surface area contributed by atoms with Crippen LogP contribution in [0.15, 0.2) is 53.3 Å². The molecule has 1 heterocycles. The average molecular weight is 338 g/mol. The van der Waals surface area contributed by atoms with Gasteiger partial charge in [0, 0.05) is 24.7 Å². The van der Waals surface area contributed by atoms with Crippen molar-refractivity contribution in [2.45, 2.75) is 26.5 Å². The molecule has 0 aliphatic carbocycles. The number of aromatic nitrogens is 1. The maximum Gasteiger partial charge on any atom is 0.297 e. The summed E-state index contributed by atoms with van der Waals surface area (Å²) in [5, 5.41) is 14.4. The number of anilines is 1. The first-order valence-electron chi connectivity index (χ1n) is 8.27. The second kappa shape index (κ2) is 6.89. The molecule has 0 atom stereocenters. The predicted molar refractivity (Wildman–Crippen MR) is 100 cm³/mol. The van der Waals surface area contributed by atoms with Crippen LogP contribution in [-0.2, 0) is 13.6 Å². The number of aromatic hydroxyl groups is 1. The predicted octanol–water partition coefficient (Wildman–Crippen LogP) is 3.64. The first-order valence-corrected chi connectivity index (χ1v) is 8.27. The maximum absolute atomic E-state index is 12.5. The Morgan fingerprint density at radius 3 is 2.56 bits per heavy atom. The molecule has 130 valence electrons. The summed E-state index contributed by atoms with van der Waals surface area (Å²) in [5.74, 6) is -0.114. The molecule has 5 heteroatoms. The van der Waals surface area contributed by atoms with E-state index in [0.29, 0.717) is 17.4 Å². The molecule has 3 aromatic rings. The lowest BCUT2D eigenvalue weighted by Gasteiger charge is -2.16. The molecule has 0 unspecified atom stereocenters. The van der Waals surface area contributed by atoms with Gasteiger partial charge in [0.15, 0.2) is 5.75 Å². The molecule has 0 aliphatic rings. The van der Waals surface area contributed by atoms with E-state index < -0.39 is 0 Å². The fourth-order valence-electron chi connectivity index (χ4n) is 2.75. The molecule has 0 aliphatic heterocycles. The minimum absolute atomic E-state index is 0.00463. The van der Waals surface area contributed by atoms with E-state index in [1.807, 2.05) is 56.3 Å². The second-order valence-electron chi connectivity index (χ2n) is 6.28. The first-order chi connectivity index (χ1) is 12.0. The van der Waals surface area contributed by atoms with Crippen LogP contribution in [0.2, 0.25) is 0 Å². The van der Waals surface area contributed by atoms with Crippen molar-refractivity contribution in [2.24, 2.45) is 7.05 Å². The standard InChI is InChI=1S/C20H22N2O3/c1-13(2)25-19-18(23)16-10-9-15(11-17(16)22(3)20(19)24)21-12-14-7-5-4-6-8-14/h4-11,13,21,23H,12H2,1-3H3. The number of nitrogens with one attached hydrogen (secondary N) is 1. The summed E-state index contributed by atoms with van der Waals surface area (Å²) in [6, 6.07) is 15.6. The number of hydrogen-bond donors (Lipinski definition) is 2. The van der Waals surface area contributed by atoms with Crippen molar-refractivity contribution in [2.75, 3.05) is 5.32 Å². The number of hydrogen-bond acceptors (Lipinski definition) is 4. The average Bonchev–Trinajstić information content (AvgIpc) is 2.62. The highest BCUT2D eigenvalue weighted by Crippen LogP contribution is 2.33. The summed E-state index contributed by atoms with van der Waals surface area (Å²) >= 11 is 0. The molecule has 0 amide bonds. The van der Waals surface area contributed by atoms with Gasteiger partial charge in [-0.2, -0.15) is 0 Å². The van der Waals surface area contributed by atoms with Gasteiger partial charge in [-0.15, -0.1) is 0 Å². The Balaban J connectivity index is 1.98. The van der Waals surface area contributed by atoms with Gasteiger partial charge >= 0.3 is 0 Å². The van der Waals surface area contributed by atoms with E-state index in [1.54, 1.807) is 13.1 Å². The van der Waals surface area contributed by atoms with E-state index in [2.05, 4.69) is 5.32 Å². The van der Waals surface area contributed by atoms with Gasteiger partial charge in [-0.05, 0) is 37.6 Å². The molecule has 25 heavy (non-hydrogen) atoms. The molecule has 0 fully saturated rings. The normalized spacial score (nSPS) is 11.0. The lowest BCUT2D eigenvalue weighted by Crippen LogP contribution is -2.22. The maximum atomic E-state index is 12.5. The summed E-state index contributed by atoms with van der Waals surface area (Å²) in [6.45, 7) is 4.32. The topological polar surface area (TPSA) is 63.5 Å². The third kappa shape index (κ3) is 3.45. The van der Waals surface area contributed by atoms with Crippen LogP contribution < -0.4 is 15.6 Å². The number of pyridine rings is 1. The number of fused-ring (bicyclic) bond motifs is 1. The minimum atomic E-state index is -0.348. The third-order valence-corrected chi connectivity index (χ3v) is 4.02. The zero-order valence-electron chi connectivity index (χ0n) is 14.6. The molecular weight excluding hydrogens is 316 g/mol. The van der Waals surface area contributed by atoms with E-state index in [9.17, 15) is 9.90 Å². The number of ether oxygens (including phenoxy) is 1. The highest BCUT2D eigenvalue weighted by Gasteiger charge is 2.17. The lowest BCUT2D eigenvalue weighted by molar-refractivity contribution is 0.228. The van der Waals surface area contributed by atoms with Crippen LogP contribution in [0.25, 0.3) is 10.9 Å². The Morgan fingerprint density at radius 2 is 1.88 bits per heavy atom. The van der Waals surface area contributed by atoms with Gasteiger partial charge < -0.3 is 19.7 Å². The van der Waals surface area contributed by atoms with Gasteiger partial charge in [0.25, 0.3) is 5.56 Å². The Bertz CT molecular complexity index is 947. The second-order valence-corrected chi connectivity index (χ2v) is 6.28. The molecule has 0 spiro atoms. The van der Waals surface area contributed by atoms with E-state index in [0.717, 1.165) is 5.69 Å². The zero-order chi connectivity index (χ0) is 18.0. The highest BCUT2D eigenvalue weighted by atomic mass is 16.5. The Hall–Kier alpha value is -2.95. The van der Waals surface area contributed by atoms with E-state index in [4.69, 9.17) is 4.74 Å². The summed E-state index contributed by atoms with van der Waals surface area (Å²) in [7, 11) is 1.68. The molecule has 0 saturated carbocycles. The van der Waals surface area contributed by atoms with Crippen molar-refractivity contribution >= 4 is 16.6 Å². The summed E-state index contributed by atoms with van der Waals surface area (Å²) in [6.07, 6.45) is -0.192. The molecule has 2 N–H and O–H groups in total. The van der Waals surface area contributed by atoms with Crippen molar-refractivity contribution in [1.82, 2.24) is 4.57 Å². The van der Waals surface area contributed by atoms with Crippen molar-refractivity contribution < 1.29 is 9.84 Å². The fraction of sp³-hybridized carbons (Fsp3) is 0.250. The summed E-state index contributed by atoms with van der Waals surface area (Å²) in [5.41, 5.74) is 2.35. The first kappa shape index (κ1) is 16.9. The van der Waals surface area contributed by atoms with Gasteiger partial charge in [-0.1, -0.05) is 30.3 Å². The van der Waals surface area contributed by atoms with Crippen LogP contribution in [0, 0.1) is 0 Å². The van der Waals surface area contributed by atoms with Gasteiger partial charge in [-0.25, -0.2) is 0 Å². The molecular formula is C20H22N2O3. The van der Waals surface area contributed by atoms with Crippen LogP contribution >= 0.6 is 0 Å². The Labute approximate surface area is 146 Å². The molecule has 0 bridgehead atoms. The van der Waals surface area contributed by atoms with Gasteiger partial charge in [0.1, 0.15) is 0 Å². The van der Waals surface area contributed by atoms with Crippen LogP contribution in [0.1, 0.15) is 19.4 Å². The molecule has 3 rings (SSSR count). The van der Waals surface area contributed by atoms with Gasteiger partial charge in [0.2, 0.25) is 5.75 Å². The highest BCUT2D eigenvalue weighted by molar-refractivity contribution is 5.89. The minimum Gasteiger partial charge on any atom is -0.504 e. The monoisotopic (exact) mass is 338 g/mol. The lowest BCUT2D eigenvalue weighted by atomic mass is 10.1. The number of aryl methyl sites for hydroxylation is 1. The summed E-state index contributed by atoms with van der Waals surface area (Å²) < 4.78 is 7.00. The van der Waals surface area contributed by atoms with Gasteiger partial charge in [-0.3, -0.25) is 4.79 Å². The van der Waals surface area contributed by atoms with E-state index in [-0.39, 0.29) is 23.2 Å². The fourth-order valence-corrected chi connectivity index (χ4v) is 2.75. The largest absolute Gasteiger partial charge is 0.504 e. The third-order valence-electron chi connectivity index (χ3n) is 4.02. The van der Waals surface area contributed by atoms with Crippen LogP contribution in [0.3, 0.4) is 0 Å². The molecule has 0 radical (unpaired) electrons. The quantitative estimate of drug-likeness (QED) is 0.745. The van der Waals surface area contributed by atoms with Crippen LogP contribution in [0.5, 0.6) is 11.5 Å². The van der Waals surface area contributed by atoms with Crippen molar-refractivity contribution in [3.63, 3.8) is 0 Å². The van der Waals surface area contributed by atoms with Crippen LogP contribution in [-0.4, -0.2) is 15.8 Å². The van der Waals surface area contributed by atoms with Crippen molar-refractivity contribution in [3.8, 4) is 11.5 Å². The smallest absolute Gasteiger partial charge is 0.297 e. The molecule has 0 saturated heterocycles. The molecule has 2 aromatic carbocycles. The summed E-state index contributed by atoms with van der Waals surface area (Å²) in [4.78, 5) is 12.5. The number of rotatable bonds is 5. The van der Waals surface area contributed by atoms with Crippen molar-refractivity contribution in [3.05, 3.63) is 64.4 Å². The molecule has 1 aromatic heterocycles. The van der Waals surface area contributed by atoms with Gasteiger partial charge in [0.05, 0.1) is 11.6 Å². The Morgan fingerprint density at radius 1 is 1.16 bits per heavy atom. The number of benzene rings is 2. The van der Waals surface area contributed by atoms with E-state index >= 15 is 0 Å². The molecule has 5 nitrogen and oxygen atoms in total. The zero-order valence-corrected chi connectivity index (χ0v) is 14.6. The van der Waals surface area contributed by atoms with E-state index in [1.165, 1.54) is 10.1 Å². The Kier molecular flexibility index (Phi) is 4.65. The number of nitrogens with zero attached hydrogens (tertiary/aromatic N) is 1.